The molecule has 0 atom stereocenters. The molecule has 5 aromatic rings. The number of aliphatic imine (C=N–C) groups is 1. The molecule has 0 N–H and O–H groups in total. The molecular weight excluding hydrogens is 947 g/mol. The van der Waals surface area contributed by atoms with E-state index in [1.807, 2.05) is 132 Å². The number of rotatable bonds is 12. The van der Waals surface area contributed by atoms with Crippen LogP contribution in [0.4, 0.5) is 43.9 Å². The van der Waals surface area contributed by atoms with Crippen molar-refractivity contribution in [2.24, 2.45) is 4.99 Å². The Morgan fingerprint density at radius 1 is 0.514 bits per heavy atom. The molecule has 5 nitrogen and oxygen atoms in total. The molecule has 1 aliphatic heterocycles. The number of aromatic nitrogens is 1. The lowest BCUT2D eigenvalue weighted by atomic mass is 9.85. The fourth-order valence-electron chi connectivity index (χ4n) is 7.93. The van der Waals surface area contributed by atoms with Crippen molar-refractivity contribution < 1.29 is 53.2 Å². The van der Waals surface area contributed by atoms with Crippen molar-refractivity contribution in [3.05, 3.63) is 154 Å². The number of hydrogen-bond donors (Lipinski definition) is 0. The average molecular weight is 1010 g/mol. The van der Waals surface area contributed by atoms with E-state index in [1.165, 1.54) is 6.07 Å². The number of nitriles is 1. The number of benzene rings is 4. The zero-order chi connectivity index (χ0) is 53.8. The van der Waals surface area contributed by atoms with Gasteiger partial charge in [-0.3, -0.25) is 0 Å². The van der Waals surface area contributed by atoms with Gasteiger partial charge in [0.05, 0.1) is 17.1 Å². The third-order valence-electron chi connectivity index (χ3n) is 12.5. The van der Waals surface area contributed by atoms with Gasteiger partial charge >= 0.3 is 31.5 Å². The van der Waals surface area contributed by atoms with Crippen molar-refractivity contribution in [2.75, 3.05) is 13.2 Å². The lowest BCUT2D eigenvalue weighted by molar-refractivity contribution is -0.295. The molecule has 0 aliphatic carbocycles. The molecule has 4 aromatic carbocycles. The first-order chi connectivity index (χ1) is 32.9. The SMILES string of the molecule is CC(C)(C)c1ccc(C2=CC(c3ccc(C(C)(C)C)cc3)=N/C2=C(/C#N)c2c(-c3ccc(C(C)(C)C)cc3)cc(-c3ccc(C(C)(C)C)cc3)n2B(OCC(F)(F)C(F)(F)F)OCC(F)(F)C(F)(F)F)cc1. The second kappa shape index (κ2) is 19.5. The summed E-state index contributed by atoms with van der Waals surface area (Å²) in [7, 11) is -2.89. The first-order valence-corrected chi connectivity index (χ1v) is 23.2. The minimum Gasteiger partial charge on any atom is -0.385 e. The lowest BCUT2D eigenvalue weighted by Gasteiger charge is -2.27. The molecule has 16 heteroatoms. The Balaban J connectivity index is 1.79. The summed E-state index contributed by atoms with van der Waals surface area (Å²) in [6.07, 6.45) is -10.8. The average Bonchev–Trinajstić information content (AvgIpc) is 3.88. The largest absolute Gasteiger partial charge is 0.598 e. The van der Waals surface area contributed by atoms with Gasteiger partial charge in [-0.05, 0) is 72.7 Å². The molecule has 1 aliphatic rings. The number of alkyl halides is 10. The third-order valence-corrected chi connectivity index (χ3v) is 12.5. The predicted octanol–water partition coefficient (Wildman–Crippen LogP) is 16.1. The number of allylic oxidation sites excluding steroid dienone is 3. The van der Waals surface area contributed by atoms with Gasteiger partial charge < -0.3 is 13.8 Å². The fraction of sp³-hybridized carbons (Fsp3) is 0.393. The number of halogens is 10. The van der Waals surface area contributed by atoms with Crippen LogP contribution in [0.2, 0.25) is 0 Å². The highest BCUT2D eigenvalue weighted by Gasteiger charge is 2.60. The first-order valence-electron chi connectivity index (χ1n) is 23.2. The summed E-state index contributed by atoms with van der Waals surface area (Å²) in [5, 5.41) is 11.6. The van der Waals surface area contributed by atoms with Crippen LogP contribution in [-0.4, -0.2) is 54.9 Å². The van der Waals surface area contributed by atoms with Gasteiger partial charge in [-0.15, -0.1) is 0 Å². The Bertz CT molecular complexity index is 2860. The van der Waals surface area contributed by atoms with Gasteiger partial charge in [0.15, 0.2) is 0 Å². The van der Waals surface area contributed by atoms with Crippen molar-refractivity contribution in [2.45, 2.75) is 129 Å². The Morgan fingerprint density at radius 2 is 0.861 bits per heavy atom. The summed E-state index contributed by atoms with van der Waals surface area (Å²) in [6, 6.07) is 31.9. The molecular formula is C56H58BF10N3O2. The van der Waals surface area contributed by atoms with Crippen molar-refractivity contribution in [1.29, 1.82) is 5.26 Å². The molecule has 72 heavy (non-hydrogen) atoms. The number of hydrogen-bond acceptors (Lipinski definition) is 4. The molecule has 0 radical (unpaired) electrons. The molecule has 0 bridgehead atoms. The molecule has 0 amide bonds. The highest BCUT2D eigenvalue weighted by molar-refractivity contribution is 6.44. The van der Waals surface area contributed by atoms with E-state index in [-0.39, 0.29) is 50.0 Å². The Hall–Kier alpha value is -5.92. The molecule has 0 saturated heterocycles. The Labute approximate surface area is 415 Å². The fourth-order valence-corrected chi connectivity index (χ4v) is 7.93. The van der Waals surface area contributed by atoms with Crippen LogP contribution in [0.3, 0.4) is 0 Å². The summed E-state index contributed by atoms with van der Waals surface area (Å²) in [5.74, 6) is -11.3. The summed E-state index contributed by atoms with van der Waals surface area (Å²) >= 11 is 0. The van der Waals surface area contributed by atoms with Crippen LogP contribution in [0.15, 0.2) is 120 Å². The molecule has 0 unspecified atom stereocenters. The van der Waals surface area contributed by atoms with Gasteiger partial charge in [-0.25, -0.2) is 4.99 Å². The normalized spacial score (nSPS) is 15.1. The molecule has 0 spiro atoms. The van der Waals surface area contributed by atoms with E-state index >= 15 is 0 Å². The van der Waals surface area contributed by atoms with Crippen LogP contribution >= 0.6 is 0 Å². The van der Waals surface area contributed by atoms with Crippen LogP contribution in [0.1, 0.15) is 122 Å². The van der Waals surface area contributed by atoms with Crippen LogP contribution in [0.5, 0.6) is 0 Å². The highest BCUT2D eigenvalue weighted by atomic mass is 19.4. The zero-order valence-electron chi connectivity index (χ0n) is 42.3. The summed E-state index contributed by atoms with van der Waals surface area (Å²) in [5.41, 5.74) is 3.80. The highest BCUT2D eigenvalue weighted by Crippen LogP contribution is 2.45. The smallest absolute Gasteiger partial charge is 0.385 e. The standard InChI is InChI=1S/C56H58BF10N3O2/c1-49(2,3)38-21-13-34(14-22-38)42-29-45(36-17-25-40(26-18-36)51(7,8)9)69-47(42)44(31-68)48-43(35-15-23-39(24-16-35)50(4,5)6)30-46(37-19-27-41(28-20-37)52(10,11)12)70(48)57(71-32-53(58,59)55(62,63)64)72-33-54(60,61)56(65,66)67/h13-30H,32-33H2,1-12H3/b47-44-. The van der Waals surface area contributed by atoms with E-state index in [0.717, 1.165) is 26.7 Å². The van der Waals surface area contributed by atoms with Gasteiger partial charge in [-0.1, -0.05) is 180 Å². The van der Waals surface area contributed by atoms with E-state index in [9.17, 15) is 49.2 Å². The molecule has 0 fully saturated rings. The maximum absolute atomic E-state index is 14.9. The quantitative estimate of drug-likeness (QED) is 0.0711. The Kier molecular flexibility index (Phi) is 15.0. The second-order valence-electron chi connectivity index (χ2n) is 22.2. The monoisotopic (exact) mass is 1010 g/mol. The summed E-state index contributed by atoms with van der Waals surface area (Å²) in [4.78, 5) is 5.01. The van der Waals surface area contributed by atoms with E-state index in [4.69, 9.17) is 14.3 Å². The minimum atomic E-state index is -6.25. The van der Waals surface area contributed by atoms with Crippen LogP contribution < -0.4 is 0 Å². The minimum absolute atomic E-state index is 0.0440. The maximum atomic E-state index is 14.9. The molecule has 0 saturated carbocycles. The van der Waals surface area contributed by atoms with Crippen molar-refractivity contribution in [3.8, 4) is 28.5 Å². The van der Waals surface area contributed by atoms with Gasteiger partial charge in [-0.2, -0.15) is 49.2 Å². The lowest BCUT2D eigenvalue weighted by Crippen LogP contribution is -2.48. The van der Waals surface area contributed by atoms with Crippen LogP contribution in [0, 0.1) is 11.3 Å². The molecule has 1 aromatic heterocycles. The van der Waals surface area contributed by atoms with Crippen LogP contribution in [0.25, 0.3) is 33.5 Å². The van der Waals surface area contributed by atoms with Crippen molar-refractivity contribution in [1.82, 2.24) is 4.48 Å². The Morgan fingerprint density at radius 3 is 1.21 bits per heavy atom. The zero-order valence-corrected chi connectivity index (χ0v) is 42.3. The van der Waals surface area contributed by atoms with Gasteiger partial charge in [0.25, 0.3) is 0 Å². The van der Waals surface area contributed by atoms with Crippen LogP contribution in [-0.2, 0) is 31.0 Å². The van der Waals surface area contributed by atoms with E-state index < -0.39 is 50.1 Å². The molecule has 6 rings (SSSR count). The van der Waals surface area contributed by atoms with Gasteiger partial charge in [0.2, 0.25) is 0 Å². The van der Waals surface area contributed by atoms with Crippen molar-refractivity contribution >= 4 is 24.1 Å². The van der Waals surface area contributed by atoms with Gasteiger partial charge in [0.1, 0.15) is 24.9 Å². The van der Waals surface area contributed by atoms with E-state index in [1.54, 1.807) is 54.6 Å². The van der Waals surface area contributed by atoms with Gasteiger partial charge in [0, 0.05) is 22.4 Å². The predicted molar refractivity (Wildman–Crippen MR) is 265 cm³/mol. The van der Waals surface area contributed by atoms with Crippen molar-refractivity contribution in [3.63, 3.8) is 0 Å². The topological polar surface area (TPSA) is 59.5 Å². The first kappa shape index (κ1) is 55.4. The second-order valence-corrected chi connectivity index (χ2v) is 22.2. The molecule has 2 heterocycles. The molecule has 382 valence electrons. The number of nitrogens with zero attached hydrogens (tertiary/aromatic N) is 3. The van der Waals surface area contributed by atoms with E-state index in [0.29, 0.717) is 28.0 Å². The third kappa shape index (κ3) is 12.0. The summed E-state index contributed by atoms with van der Waals surface area (Å²) in [6.45, 7) is 18.7. The summed E-state index contributed by atoms with van der Waals surface area (Å²) < 4.78 is 154. The van der Waals surface area contributed by atoms with E-state index in [2.05, 4.69) is 6.07 Å². The maximum Gasteiger partial charge on any atom is 0.598 e.